The normalized spacial score (nSPS) is 18.4. The molecule has 104 valence electrons. The lowest BCUT2D eigenvalue weighted by Gasteiger charge is -2.20. The largest absolute Gasteiger partial charge is 0.488 e. The van der Waals surface area contributed by atoms with Gasteiger partial charge in [-0.1, -0.05) is 24.3 Å². The number of ether oxygens (including phenoxy) is 1. The van der Waals surface area contributed by atoms with Crippen LogP contribution in [0.15, 0.2) is 42.5 Å². The molecule has 1 heterocycles. The highest BCUT2D eigenvalue weighted by atomic mass is 19.1. The zero-order chi connectivity index (χ0) is 14.1. The molecule has 0 spiro atoms. The van der Waals surface area contributed by atoms with Crippen molar-refractivity contribution in [1.82, 2.24) is 0 Å². The van der Waals surface area contributed by atoms with Crippen LogP contribution in [0.25, 0.3) is 0 Å². The summed E-state index contributed by atoms with van der Waals surface area (Å²) in [6.45, 7) is 1.91. The third kappa shape index (κ3) is 2.54. The van der Waals surface area contributed by atoms with Crippen molar-refractivity contribution in [3.63, 3.8) is 0 Å². The van der Waals surface area contributed by atoms with Crippen molar-refractivity contribution in [2.45, 2.75) is 31.9 Å². The Morgan fingerprint density at radius 1 is 1.30 bits per heavy atom. The first kappa shape index (κ1) is 13.1. The quantitative estimate of drug-likeness (QED) is 0.931. The van der Waals surface area contributed by atoms with Crippen molar-refractivity contribution in [2.75, 3.05) is 0 Å². The summed E-state index contributed by atoms with van der Waals surface area (Å²) in [7, 11) is 0. The van der Waals surface area contributed by atoms with Gasteiger partial charge in [0, 0.05) is 12.5 Å². The van der Waals surface area contributed by atoms with Crippen LogP contribution in [0.5, 0.6) is 5.75 Å². The maximum Gasteiger partial charge on any atom is 0.123 e. The fourth-order valence-electron chi connectivity index (χ4n) is 2.72. The van der Waals surface area contributed by atoms with Crippen molar-refractivity contribution in [2.24, 2.45) is 5.73 Å². The van der Waals surface area contributed by atoms with E-state index in [0.29, 0.717) is 6.42 Å². The van der Waals surface area contributed by atoms with Crippen LogP contribution in [-0.4, -0.2) is 12.1 Å². The molecule has 2 nitrogen and oxygen atoms in total. The molecule has 2 unspecified atom stereocenters. The van der Waals surface area contributed by atoms with E-state index in [4.69, 9.17) is 10.5 Å². The minimum absolute atomic E-state index is 0.00291. The third-order valence-corrected chi connectivity index (χ3v) is 3.91. The molecule has 1 aliphatic rings. The van der Waals surface area contributed by atoms with Gasteiger partial charge in [0.1, 0.15) is 17.7 Å². The highest BCUT2D eigenvalue weighted by Gasteiger charge is 2.28. The zero-order valence-corrected chi connectivity index (χ0v) is 11.5. The summed E-state index contributed by atoms with van der Waals surface area (Å²) < 4.78 is 19.0. The Balaban J connectivity index is 1.70. The van der Waals surface area contributed by atoms with E-state index >= 15 is 0 Å². The van der Waals surface area contributed by atoms with Gasteiger partial charge >= 0.3 is 0 Å². The molecule has 3 rings (SSSR count). The molecule has 0 bridgehead atoms. The standard InChI is InChI=1S/C17H18FNO/c1-11-8-14(18)7-6-12(11)9-15(19)17-10-13-4-2-3-5-16(13)20-17/h2-8,15,17H,9-10,19H2,1H3. The van der Waals surface area contributed by atoms with E-state index in [0.717, 1.165) is 23.3 Å². The molecule has 0 amide bonds. The Morgan fingerprint density at radius 2 is 2.10 bits per heavy atom. The highest BCUT2D eigenvalue weighted by molar-refractivity contribution is 5.38. The van der Waals surface area contributed by atoms with Gasteiger partial charge in [-0.15, -0.1) is 0 Å². The lowest BCUT2D eigenvalue weighted by atomic mass is 9.96. The average molecular weight is 271 g/mol. The summed E-state index contributed by atoms with van der Waals surface area (Å²) in [6.07, 6.45) is 1.54. The molecule has 1 aliphatic heterocycles. The molecule has 0 saturated carbocycles. The van der Waals surface area contributed by atoms with Crippen LogP contribution < -0.4 is 10.5 Å². The van der Waals surface area contributed by atoms with Crippen LogP contribution in [0.2, 0.25) is 0 Å². The maximum absolute atomic E-state index is 13.1. The number of nitrogens with two attached hydrogens (primary N) is 1. The van der Waals surface area contributed by atoms with E-state index in [1.54, 1.807) is 6.07 Å². The molecule has 20 heavy (non-hydrogen) atoms. The van der Waals surface area contributed by atoms with E-state index in [1.807, 2.05) is 31.2 Å². The van der Waals surface area contributed by atoms with Gasteiger partial charge in [-0.3, -0.25) is 0 Å². The van der Waals surface area contributed by atoms with Gasteiger partial charge in [0.25, 0.3) is 0 Å². The first-order valence-electron chi connectivity index (χ1n) is 6.88. The Morgan fingerprint density at radius 3 is 2.85 bits per heavy atom. The summed E-state index contributed by atoms with van der Waals surface area (Å²) >= 11 is 0. The van der Waals surface area contributed by atoms with E-state index in [9.17, 15) is 4.39 Å². The molecule has 2 N–H and O–H groups in total. The van der Waals surface area contributed by atoms with Gasteiger partial charge in [0.05, 0.1) is 0 Å². The van der Waals surface area contributed by atoms with E-state index in [-0.39, 0.29) is 18.0 Å². The minimum atomic E-state index is -0.204. The van der Waals surface area contributed by atoms with Gasteiger partial charge in [0.2, 0.25) is 0 Å². The summed E-state index contributed by atoms with van der Waals surface area (Å²) in [5.74, 6) is 0.730. The molecule has 0 aliphatic carbocycles. The van der Waals surface area contributed by atoms with Gasteiger partial charge in [-0.2, -0.15) is 0 Å². The van der Waals surface area contributed by atoms with E-state index in [2.05, 4.69) is 6.07 Å². The number of rotatable bonds is 3. The number of hydrogen-bond donors (Lipinski definition) is 1. The lowest BCUT2D eigenvalue weighted by Crippen LogP contribution is -2.39. The number of para-hydroxylation sites is 1. The molecule has 0 aromatic heterocycles. The monoisotopic (exact) mass is 271 g/mol. The molecule has 0 fully saturated rings. The van der Waals surface area contributed by atoms with Crippen molar-refractivity contribution in [3.8, 4) is 5.75 Å². The number of fused-ring (bicyclic) bond motifs is 1. The van der Waals surface area contributed by atoms with Crippen LogP contribution in [0.1, 0.15) is 16.7 Å². The Labute approximate surface area is 118 Å². The number of hydrogen-bond acceptors (Lipinski definition) is 2. The Bertz CT molecular complexity index is 601. The molecule has 2 aromatic carbocycles. The summed E-state index contributed by atoms with van der Waals surface area (Å²) in [6, 6.07) is 12.8. The molecule has 2 aromatic rings. The van der Waals surface area contributed by atoms with Crippen molar-refractivity contribution < 1.29 is 9.13 Å². The first-order chi connectivity index (χ1) is 9.63. The van der Waals surface area contributed by atoms with Crippen LogP contribution >= 0.6 is 0 Å². The van der Waals surface area contributed by atoms with E-state index in [1.165, 1.54) is 11.6 Å². The molecule has 0 radical (unpaired) electrons. The third-order valence-electron chi connectivity index (χ3n) is 3.91. The predicted molar refractivity (Wildman–Crippen MR) is 77.4 cm³/mol. The average Bonchev–Trinajstić information content (AvgIpc) is 2.86. The highest BCUT2D eigenvalue weighted by Crippen LogP contribution is 2.30. The molecule has 3 heteroatoms. The van der Waals surface area contributed by atoms with Gasteiger partial charge in [0.15, 0.2) is 0 Å². The van der Waals surface area contributed by atoms with Gasteiger partial charge in [-0.25, -0.2) is 4.39 Å². The number of halogens is 1. The predicted octanol–water partition coefficient (Wildman–Crippen LogP) is 3.01. The topological polar surface area (TPSA) is 35.2 Å². The van der Waals surface area contributed by atoms with Crippen molar-refractivity contribution in [1.29, 1.82) is 0 Å². The van der Waals surface area contributed by atoms with Crippen LogP contribution in [0.3, 0.4) is 0 Å². The Kier molecular flexibility index (Phi) is 3.45. The van der Waals surface area contributed by atoms with Gasteiger partial charge in [-0.05, 0) is 48.2 Å². The number of benzene rings is 2. The van der Waals surface area contributed by atoms with Crippen LogP contribution in [0.4, 0.5) is 4.39 Å². The fraction of sp³-hybridized carbons (Fsp3) is 0.294. The molecular weight excluding hydrogens is 253 g/mol. The fourth-order valence-corrected chi connectivity index (χ4v) is 2.72. The summed E-state index contributed by atoms with van der Waals surface area (Å²) in [4.78, 5) is 0. The zero-order valence-electron chi connectivity index (χ0n) is 11.5. The first-order valence-corrected chi connectivity index (χ1v) is 6.88. The minimum Gasteiger partial charge on any atom is -0.488 e. The van der Waals surface area contributed by atoms with Crippen molar-refractivity contribution >= 4 is 0 Å². The molecule has 2 atom stereocenters. The summed E-state index contributed by atoms with van der Waals surface area (Å²) in [5, 5.41) is 0. The van der Waals surface area contributed by atoms with Gasteiger partial charge < -0.3 is 10.5 Å². The smallest absolute Gasteiger partial charge is 0.123 e. The molecular formula is C17H18FNO. The van der Waals surface area contributed by atoms with Crippen LogP contribution in [-0.2, 0) is 12.8 Å². The second-order valence-corrected chi connectivity index (χ2v) is 5.41. The SMILES string of the molecule is Cc1cc(F)ccc1CC(N)C1Cc2ccccc2O1. The Hall–Kier alpha value is -1.87. The van der Waals surface area contributed by atoms with Crippen LogP contribution in [0, 0.1) is 12.7 Å². The van der Waals surface area contributed by atoms with E-state index < -0.39 is 0 Å². The second-order valence-electron chi connectivity index (χ2n) is 5.41. The number of aryl methyl sites for hydroxylation is 1. The molecule has 0 saturated heterocycles. The summed E-state index contributed by atoms with van der Waals surface area (Å²) in [5.41, 5.74) is 9.51. The maximum atomic E-state index is 13.1. The lowest BCUT2D eigenvalue weighted by molar-refractivity contribution is 0.198. The van der Waals surface area contributed by atoms with Crippen molar-refractivity contribution in [3.05, 3.63) is 65.0 Å². The second kappa shape index (κ2) is 5.25.